The van der Waals surface area contributed by atoms with Crippen LogP contribution < -0.4 is 0 Å². The summed E-state index contributed by atoms with van der Waals surface area (Å²) in [5.74, 6) is -1.48. The number of hydrogen-bond donors (Lipinski definition) is 1. The van der Waals surface area contributed by atoms with Crippen LogP contribution in [0.1, 0.15) is 15.9 Å². The van der Waals surface area contributed by atoms with Gasteiger partial charge >= 0.3 is 11.5 Å². The highest BCUT2D eigenvalue weighted by Crippen LogP contribution is 2.40. The van der Waals surface area contributed by atoms with E-state index in [2.05, 4.69) is 15.9 Å². The first-order chi connectivity index (χ1) is 7.74. The second kappa shape index (κ2) is 4.98. The number of thioether (sulfide) groups is 1. The van der Waals surface area contributed by atoms with E-state index in [4.69, 9.17) is 10.4 Å². The highest BCUT2D eigenvalue weighted by Gasteiger charge is 2.32. The van der Waals surface area contributed by atoms with E-state index in [1.165, 1.54) is 0 Å². The second-order valence-corrected chi connectivity index (χ2v) is 4.75. The van der Waals surface area contributed by atoms with Gasteiger partial charge in [-0.05, 0) is 39.8 Å². The van der Waals surface area contributed by atoms with Crippen LogP contribution in [-0.4, -0.2) is 16.6 Å². The van der Waals surface area contributed by atoms with Gasteiger partial charge < -0.3 is 5.11 Å². The molecule has 0 saturated carbocycles. The van der Waals surface area contributed by atoms with Crippen LogP contribution in [-0.2, 0) is 0 Å². The van der Waals surface area contributed by atoms with Crippen molar-refractivity contribution in [2.24, 2.45) is 0 Å². The van der Waals surface area contributed by atoms with Crippen molar-refractivity contribution >= 4 is 33.7 Å². The molecule has 0 aromatic heterocycles. The molecule has 0 aliphatic heterocycles. The van der Waals surface area contributed by atoms with Gasteiger partial charge in [0, 0.05) is 9.37 Å². The maximum Gasteiger partial charge on any atom is 0.446 e. The van der Waals surface area contributed by atoms with Crippen molar-refractivity contribution in [1.82, 2.24) is 0 Å². The summed E-state index contributed by atoms with van der Waals surface area (Å²) < 4.78 is 36.7. The molecule has 0 atom stereocenters. The lowest BCUT2D eigenvalue weighted by atomic mass is 10.1. The third-order valence-corrected chi connectivity index (χ3v) is 3.09. The third-order valence-electron chi connectivity index (χ3n) is 1.65. The van der Waals surface area contributed by atoms with Gasteiger partial charge in [0.1, 0.15) is 6.07 Å². The molecule has 0 unspecified atom stereocenters. The fraction of sp³-hybridized carbons (Fsp3) is 0.111. The van der Waals surface area contributed by atoms with Crippen molar-refractivity contribution in [3.63, 3.8) is 0 Å². The van der Waals surface area contributed by atoms with E-state index in [0.717, 1.165) is 12.1 Å². The van der Waals surface area contributed by atoms with Gasteiger partial charge in [-0.15, -0.1) is 0 Å². The number of carboxylic acids is 1. The largest absolute Gasteiger partial charge is 0.478 e. The number of carboxylic acid groups (broad SMARTS) is 1. The minimum absolute atomic E-state index is 0.0539. The van der Waals surface area contributed by atoms with Crippen molar-refractivity contribution in [1.29, 1.82) is 5.26 Å². The Hall–Kier alpha value is -1.20. The summed E-state index contributed by atoms with van der Waals surface area (Å²) in [7, 11) is 0. The summed E-state index contributed by atoms with van der Waals surface area (Å²) in [4.78, 5) is 10.3. The first-order valence-electron chi connectivity index (χ1n) is 3.97. The number of hydrogen-bond acceptors (Lipinski definition) is 3. The van der Waals surface area contributed by atoms with E-state index in [-0.39, 0.29) is 10.0 Å². The van der Waals surface area contributed by atoms with E-state index in [1.807, 2.05) is 0 Å². The molecule has 0 spiro atoms. The van der Waals surface area contributed by atoms with Gasteiger partial charge in [-0.2, -0.15) is 18.4 Å². The molecule has 1 N–H and O–H groups in total. The number of halogens is 4. The topological polar surface area (TPSA) is 61.1 Å². The van der Waals surface area contributed by atoms with Crippen LogP contribution in [0.4, 0.5) is 13.2 Å². The van der Waals surface area contributed by atoms with Gasteiger partial charge in [0.2, 0.25) is 0 Å². The summed E-state index contributed by atoms with van der Waals surface area (Å²) in [5.41, 5.74) is -5.16. The molecule has 3 nitrogen and oxygen atoms in total. The van der Waals surface area contributed by atoms with Crippen LogP contribution in [0.3, 0.4) is 0 Å². The van der Waals surface area contributed by atoms with Crippen molar-refractivity contribution in [2.75, 3.05) is 0 Å². The Labute approximate surface area is 106 Å². The Morgan fingerprint density at radius 3 is 2.47 bits per heavy atom. The van der Waals surface area contributed by atoms with Crippen molar-refractivity contribution < 1.29 is 23.1 Å². The molecule has 0 aliphatic carbocycles. The standard InChI is InChI=1S/C9H3BrF3NO2S/c10-6-2-5(8(15)16)7(1-4(6)3-14)17-9(11,12)13/h1-2H,(H,15,16). The average molecular weight is 326 g/mol. The molecule has 0 amide bonds. The summed E-state index contributed by atoms with van der Waals surface area (Å²) >= 11 is 2.35. The Kier molecular flexibility index (Phi) is 4.06. The van der Waals surface area contributed by atoms with E-state index >= 15 is 0 Å². The minimum Gasteiger partial charge on any atom is -0.478 e. The van der Waals surface area contributed by atoms with Crippen LogP contribution in [0.25, 0.3) is 0 Å². The molecular formula is C9H3BrF3NO2S. The molecule has 90 valence electrons. The Balaban J connectivity index is 3.35. The third kappa shape index (κ3) is 3.64. The molecule has 0 heterocycles. The molecule has 0 radical (unpaired) electrons. The highest BCUT2D eigenvalue weighted by molar-refractivity contribution is 9.10. The molecule has 17 heavy (non-hydrogen) atoms. The maximum atomic E-state index is 12.2. The van der Waals surface area contributed by atoms with Crippen LogP contribution in [0.5, 0.6) is 0 Å². The van der Waals surface area contributed by atoms with Gasteiger partial charge in [-0.1, -0.05) is 0 Å². The Morgan fingerprint density at radius 1 is 1.47 bits per heavy atom. The molecule has 0 fully saturated rings. The van der Waals surface area contributed by atoms with Gasteiger partial charge in [0.15, 0.2) is 0 Å². The highest BCUT2D eigenvalue weighted by atomic mass is 79.9. The lowest BCUT2D eigenvalue weighted by Gasteiger charge is -2.09. The maximum absolute atomic E-state index is 12.2. The number of carbonyl (C=O) groups is 1. The zero-order valence-electron chi connectivity index (χ0n) is 7.88. The fourth-order valence-corrected chi connectivity index (χ4v) is 2.13. The molecule has 0 saturated heterocycles. The van der Waals surface area contributed by atoms with Crippen LogP contribution in [0.15, 0.2) is 21.5 Å². The minimum atomic E-state index is -4.61. The number of nitriles is 1. The van der Waals surface area contributed by atoms with Crippen molar-refractivity contribution in [3.8, 4) is 6.07 Å². The van der Waals surface area contributed by atoms with Crippen LogP contribution >= 0.6 is 27.7 Å². The number of alkyl halides is 3. The smallest absolute Gasteiger partial charge is 0.446 e. The lowest BCUT2D eigenvalue weighted by Crippen LogP contribution is -2.05. The van der Waals surface area contributed by atoms with Gasteiger partial charge in [0.05, 0.1) is 11.1 Å². The second-order valence-electron chi connectivity index (χ2n) is 2.79. The molecule has 0 aliphatic rings. The molecule has 1 aromatic carbocycles. The van der Waals surface area contributed by atoms with Gasteiger partial charge in [0.25, 0.3) is 0 Å². The zero-order valence-corrected chi connectivity index (χ0v) is 10.3. The van der Waals surface area contributed by atoms with E-state index < -0.39 is 33.7 Å². The molecular weight excluding hydrogens is 323 g/mol. The van der Waals surface area contributed by atoms with Crippen LogP contribution in [0.2, 0.25) is 0 Å². The SMILES string of the molecule is N#Cc1cc(SC(F)(F)F)c(C(=O)O)cc1Br. The molecule has 8 heteroatoms. The normalized spacial score (nSPS) is 11.0. The predicted octanol–water partition coefficient (Wildman–Crippen LogP) is 3.63. The van der Waals surface area contributed by atoms with E-state index in [9.17, 15) is 18.0 Å². The summed E-state index contributed by atoms with van der Waals surface area (Å²) in [6.07, 6.45) is 0. The molecule has 1 aromatic rings. The summed E-state index contributed by atoms with van der Waals surface area (Å²) in [6.45, 7) is 0. The fourth-order valence-electron chi connectivity index (χ4n) is 1.02. The number of nitrogens with zero attached hydrogens (tertiary/aromatic N) is 1. The van der Waals surface area contributed by atoms with Crippen LogP contribution in [0, 0.1) is 11.3 Å². The summed E-state index contributed by atoms with van der Waals surface area (Å²) in [5, 5.41) is 17.4. The van der Waals surface area contributed by atoms with Crippen molar-refractivity contribution in [3.05, 3.63) is 27.7 Å². The first-order valence-corrected chi connectivity index (χ1v) is 5.58. The zero-order chi connectivity index (χ0) is 13.2. The lowest BCUT2D eigenvalue weighted by molar-refractivity contribution is -0.0328. The summed E-state index contributed by atoms with van der Waals surface area (Å²) in [6, 6.07) is 3.54. The van der Waals surface area contributed by atoms with Crippen molar-refractivity contribution in [2.45, 2.75) is 10.4 Å². The average Bonchev–Trinajstić information content (AvgIpc) is 2.17. The number of benzene rings is 1. The first kappa shape index (κ1) is 13.9. The van der Waals surface area contributed by atoms with Gasteiger partial charge in [-0.3, -0.25) is 0 Å². The van der Waals surface area contributed by atoms with E-state index in [0.29, 0.717) is 0 Å². The Bertz CT molecular complexity index is 510. The molecule has 0 bridgehead atoms. The van der Waals surface area contributed by atoms with E-state index in [1.54, 1.807) is 6.07 Å². The van der Waals surface area contributed by atoms with Gasteiger partial charge in [-0.25, -0.2) is 4.79 Å². The Morgan fingerprint density at radius 2 is 2.06 bits per heavy atom. The quantitative estimate of drug-likeness (QED) is 0.843. The predicted molar refractivity (Wildman–Crippen MR) is 57.7 cm³/mol. The number of rotatable bonds is 2. The monoisotopic (exact) mass is 325 g/mol. The number of aromatic carboxylic acids is 1. The molecule has 1 rings (SSSR count).